The maximum absolute atomic E-state index is 13.3. The number of halogens is 2. The molecule has 0 bridgehead atoms. The fourth-order valence-electron chi connectivity index (χ4n) is 3.18. The Kier molecular flexibility index (Phi) is 4.68. The van der Waals surface area contributed by atoms with Crippen molar-refractivity contribution in [3.05, 3.63) is 29.8 Å². The van der Waals surface area contributed by atoms with Gasteiger partial charge in [0.1, 0.15) is 0 Å². The molecule has 128 valence electrons. The minimum Gasteiger partial charge on any atom is -0.379 e. The molecule has 2 aliphatic rings. The molecule has 2 fully saturated rings. The van der Waals surface area contributed by atoms with Gasteiger partial charge in [-0.3, -0.25) is 4.90 Å². The highest BCUT2D eigenvalue weighted by Gasteiger charge is 2.43. The second-order valence-corrected chi connectivity index (χ2v) is 7.84. The van der Waals surface area contributed by atoms with E-state index in [-0.39, 0.29) is 17.0 Å². The monoisotopic (exact) mass is 346 g/mol. The Morgan fingerprint density at radius 3 is 2.43 bits per heavy atom. The summed E-state index contributed by atoms with van der Waals surface area (Å²) in [5.74, 6) is -2.23. The van der Waals surface area contributed by atoms with Crippen molar-refractivity contribution in [3.63, 3.8) is 0 Å². The van der Waals surface area contributed by atoms with Crippen LogP contribution in [0.3, 0.4) is 0 Å². The normalized spacial score (nSPS) is 21.8. The predicted octanol–water partition coefficient (Wildman–Crippen LogP) is 1.50. The Labute approximate surface area is 134 Å². The first-order valence-electron chi connectivity index (χ1n) is 7.71. The van der Waals surface area contributed by atoms with Gasteiger partial charge in [0.05, 0.1) is 18.1 Å². The van der Waals surface area contributed by atoms with Crippen LogP contribution in [0.25, 0.3) is 0 Å². The van der Waals surface area contributed by atoms with Gasteiger partial charge in [0, 0.05) is 25.2 Å². The molecule has 0 atom stereocenters. The van der Waals surface area contributed by atoms with Gasteiger partial charge in [-0.25, -0.2) is 21.9 Å². The molecule has 3 rings (SSSR count). The largest absolute Gasteiger partial charge is 0.379 e. The predicted molar refractivity (Wildman–Crippen MR) is 80.5 cm³/mol. The maximum Gasteiger partial charge on any atom is 0.240 e. The molecule has 1 aliphatic heterocycles. The van der Waals surface area contributed by atoms with Crippen LogP contribution in [0.1, 0.15) is 19.3 Å². The Hall–Kier alpha value is -1.09. The van der Waals surface area contributed by atoms with Gasteiger partial charge in [-0.05, 0) is 37.5 Å². The summed E-state index contributed by atoms with van der Waals surface area (Å²) in [6.07, 6.45) is 2.91. The van der Waals surface area contributed by atoms with Gasteiger partial charge in [-0.15, -0.1) is 0 Å². The number of hydrogen-bond acceptors (Lipinski definition) is 4. The van der Waals surface area contributed by atoms with Crippen LogP contribution >= 0.6 is 0 Å². The van der Waals surface area contributed by atoms with Crippen LogP contribution in [-0.2, 0) is 14.8 Å². The number of nitrogens with one attached hydrogen (secondary N) is 1. The number of sulfonamides is 1. The summed E-state index contributed by atoms with van der Waals surface area (Å²) in [7, 11) is -3.86. The maximum atomic E-state index is 13.3. The molecule has 0 amide bonds. The van der Waals surface area contributed by atoms with Crippen LogP contribution < -0.4 is 4.72 Å². The summed E-state index contributed by atoms with van der Waals surface area (Å²) in [6.45, 7) is 3.14. The molecule has 23 heavy (non-hydrogen) atoms. The van der Waals surface area contributed by atoms with Crippen LogP contribution in [0.15, 0.2) is 23.1 Å². The molecule has 1 aromatic carbocycles. The molecule has 0 unspecified atom stereocenters. The lowest BCUT2D eigenvalue weighted by molar-refractivity contribution is -0.0527. The summed E-state index contributed by atoms with van der Waals surface area (Å²) in [5.41, 5.74) is -0.185. The molecule has 1 saturated heterocycles. The third kappa shape index (κ3) is 3.40. The second-order valence-electron chi connectivity index (χ2n) is 6.08. The zero-order valence-electron chi connectivity index (χ0n) is 12.7. The third-order valence-corrected chi connectivity index (χ3v) is 6.16. The molecule has 1 aliphatic carbocycles. The quantitative estimate of drug-likeness (QED) is 0.878. The Morgan fingerprint density at radius 1 is 1.17 bits per heavy atom. The van der Waals surface area contributed by atoms with Gasteiger partial charge in [0.15, 0.2) is 11.6 Å². The summed E-state index contributed by atoms with van der Waals surface area (Å²) in [6, 6.07) is 2.60. The minimum absolute atomic E-state index is 0.185. The molecule has 0 spiro atoms. The van der Waals surface area contributed by atoms with Crippen LogP contribution in [-0.4, -0.2) is 51.7 Å². The lowest BCUT2D eigenvalue weighted by Crippen LogP contribution is -2.62. The van der Waals surface area contributed by atoms with Crippen molar-refractivity contribution in [3.8, 4) is 0 Å². The summed E-state index contributed by atoms with van der Waals surface area (Å²) < 4.78 is 58.8. The van der Waals surface area contributed by atoms with Crippen molar-refractivity contribution in [2.45, 2.75) is 29.7 Å². The van der Waals surface area contributed by atoms with E-state index in [0.29, 0.717) is 19.3 Å². The molecule has 0 aromatic heterocycles. The van der Waals surface area contributed by atoms with E-state index in [1.165, 1.54) is 0 Å². The van der Waals surface area contributed by atoms with Crippen molar-refractivity contribution in [1.82, 2.24) is 9.62 Å². The fraction of sp³-hybridized carbons (Fsp3) is 0.600. The van der Waals surface area contributed by atoms with Crippen LogP contribution in [0.4, 0.5) is 8.78 Å². The summed E-state index contributed by atoms with van der Waals surface area (Å²) >= 11 is 0. The zero-order chi connectivity index (χ0) is 16.5. The highest BCUT2D eigenvalue weighted by molar-refractivity contribution is 7.89. The third-order valence-electron chi connectivity index (χ3n) is 4.76. The molecule has 1 saturated carbocycles. The van der Waals surface area contributed by atoms with Gasteiger partial charge < -0.3 is 4.74 Å². The average molecular weight is 346 g/mol. The summed E-state index contributed by atoms with van der Waals surface area (Å²) in [5, 5.41) is 0. The van der Waals surface area contributed by atoms with E-state index in [2.05, 4.69) is 9.62 Å². The van der Waals surface area contributed by atoms with Crippen molar-refractivity contribution in [2.75, 3.05) is 32.8 Å². The van der Waals surface area contributed by atoms with Gasteiger partial charge in [0.25, 0.3) is 0 Å². The van der Waals surface area contributed by atoms with Gasteiger partial charge in [0.2, 0.25) is 10.0 Å². The molecular formula is C15H20F2N2O3S. The number of benzene rings is 1. The highest BCUT2D eigenvalue weighted by Crippen LogP contribution is 2.37. The zero-order valence-corrected chi connectivity index (χ0v) is 13.5. The Morgan fingerprint density at radius 2 is 1.87 bits per heavy atom. The van der Waals surface area contributed by atoms with E-state index in [1.54, 1.807) is 0 Å². The van der Waals surface area contributed by atoms with Crippen LogP contribution in [0.2, 0.25) is 0 Å². The lowest BCUT2D eigenvalue weighted by atomic mass is 9.75. The minimum atomic E-state index is -3.86. The van der Waals surface area contributed by atoms with Gasteiger partial charge in [-0.2, -0.15) is 0 Å². The molecule has 5 nitrogen and oxygen atoms in total. The standard InChI is InChI=1S/C15H20F2N2O3S/c16-13-3-2-12(10-14(13)17)23(20,21)18-11-15(4-1-5-15)19-6-8-22-9-7-19/h2-3,10,18H,1,4-9,11H2. The highest BCUT2D eigenvalue weighted by atomic mass is 32.2. The molecule has 1 heterocycles. The number of rotatable bonds is 5. The summed E-state index contributed by atoms with van der Waals surface area (Å²) in [4.78, 5) is 2.01. The second kappa shape index (κ2) is 6.43. The van der Waals surface area contributed by atoms with Crippen molar-refractivity contribution in [1.29, 1.82) is 0 Å². The molecule has 0 radical (unpaired) electrons. The van der Waals surface area contributed by atoms with E-state index in [0.717, 1.165) is 44.5 Å². The van der Waals surface area contributed by atoms with Crippen LogP contribution in [0, 0.1) is 11.6 Å². The molecule has 1 aromatic rings. The lowest BCUT2D eigenvalue weighted by Gasteiger charge is -2.51. The first-order valence-corrected chi connectivity index (χ1v) is 9.19. The van der Waals surface area contributed by atoms with Crippen molar-refractivity contribution in [2.24, 2.45) is 0 Å². The molecule has 8 heteroatoms. The smallest absolute Gasteiger partial charge is 0.240 e. The number of hydrogen-bond donors (Lipinski definition) is 1. The van der Waals surface area contributed by atoms with Gasteiger partial charge >= 0.3 is 0 Å². The average Bonchev–Trinajstić information content (AvgIpc) is 2.50. The topological polar surface area (TPSA) is 58.6 Å². The first kappa shape index (κ1) is 16.8. The van der Waals surface area contributed by atoms with Gasteiger partial charge in [-0.1, -0.05) is 0 Å². The number of morpholine rings is 1. The fourth-order valence-corrected chi connectivity index (χ4v) is 4.32. The van der Waals surface area contributed by atoms with Crippen molar-refractivity contribution < 1.29 is 21.9 Å². The van der Waals surface area contributed by atoms with E-state index in [4.69, 9.17) is 4.74 Å². The van der Waals surface area contributed by atoms with E-state index in [1.807, 2.05) is 0 Å². The molecule has 1 N–H and O–H groups in total. The van der Waals surface area contributed by atoms with E-state index < -0.39 is 21.7 Å². The van der Waals surface area contributed by atoms with E-state index >= 15 is 0 Å². The first-order chi connectivity index (χ1) is 10.9. The molecular weight excluding hydrogens is 326 g/mol. The van der Waals surface area contributed by atoms with Crippen LogP contribution in [0.5, 0.6) is 0 Å². The van der Waals surface area contributed by atoms with E-state index in [9.17, 15) is 17.2 Å². The van der Waals surface area contributed by atoms with Crippen molar-refractivity contribution >= 4 is 10.0 Å². The Balaban J connectivity index is 1.71. The number of ether oxygens (including phenoxy) is 1. The SMILES string of the molecule is O=S(=O)(NCC1(N2CCOCC2)CCC1)c1ccc(F)c(F)c1. The Bertz CT molecular complexity index is 671. The number of nitrogens with zero attached hydrogens (tertiary/aromatic N) is 1.